The van der Waals surface area contributed by atoms with Gasteiger partial charge in [0.1, 0.15) is 11.6 Å². The van der Waals surface area contributed by atoms with Crippen LogP contribution in [0.25, 0.3) is 0 Å². The Bertz CT molecular complexity index is 419. The molecule has 0 radical (unpaired) electrons. The van der Waals surface area contributed by atoms with Gasteiger partial charge in [-0.25, -0.2) is 4.39 Å². The van der Waals surface area contributed by atoms with Gasteiger partial charge in [-0.1, -0.05) is 6.07 Å². The molecule has 1 fully saturated rings. The van der Waals surface area contributed by atoms with Crippen LogP contribution in [0.2, 0.25) is 0 Å². The van der Waals surface area contributed by atoms with Crippen LogP contribution in [0.5, 0.6) is 5.75 Å². The van der Waals surface area contributed by atoms with Crippen molar-refractivity contribution < 1.29 is 18.7 Å². The number of nitrogens with one attached hydrogen (secondary N) is 1. The Balaban J connectivity index is 1.60. The normalized spacial score (nSPS) is 18.3. The van der Waals surface area contributed by atoms with Crippen molar-refractivity contribution in [2.45, 2.75) is 25.4 Å². The Kier molecular flexibility index (Phi) is 5.15. The standard InChI is InChI=1S/C14H18FNO3/c15-11-3-1-4-12(9-11)19-8-6-14(17)16-10-13-5-2-7-18-13/h1,3-4,9,13H,2,5-8,10H2,(H,16,17)/t13-/m0/s1. The van der Waals surface area contributed by atoms with Crippen LogP contribution in [0.4, 0.5) is 4.39 Å². The summed E-state index contributed by atoms with van der Waals surface area (Å²) < 4.78 is 23.6. The van der Waals surface area contributed by atoms with Gasteiger partial charge in [-0.3, -0.25) is 4.79 Å². The van der Waals surface area contributed by atoms with Crippen LogP contribution in [0.3, 0.4) is 0 Å². The quantitative estimate of drug-likeness (QED) is 0.856. The van der Waals surface area contributed by atoms with Crippen molar-refractivity contribution in [2.24, 2.45) is 0 Å². The molecule has 0 aliphatic carbocycles. The van der Waals surface area contributed by atoms with Crippen LogP contribution in [0.15, 0.2) is 24.3 Å². The van der Waals surface area contributed by atoms with E-state index in [0.29, 0.717) is 12.3 Å². The summed E-state index contributed by atoms with van der Waals surface area (Å²) in [6.07, 6.45) is 2.46. The molecule has 1 N–H and O–H groups in total. The van der Waals surface area contributed by atoms with Crippen molar-refractivity contribution in [3.05, 3.63) is 30.1 Å². The Morgan fingerprint density at radius 1 is 1.53 bits per heavy atom. The maximum absolute atomic E-state index is 12.9. The molecule has 1 aromatic rings. The highest BCUT2D eigenvalue weighted by molar-refractivity contribution is 5.76. The molecule has 1 amide bonds. The summed E-state index contributed by atoms with van der Waals surface area (Å²) >= 11 is 0. The lowest BCUT2D eigenvalue weighted by molar-refractivity contribution is -0.122. The van der Waals surface area contributed by atoms with Crippen LogP contribution in [-0.4, -0.2) is 31.8 Å². The largest absolute Gasteiger partial charge is 0.493 e. The van der Waals surface area contributed by atoms with Gasteiger partial charge in [0, 0.05) is 19.2 Å². The minimum Gasteiger partial charge on any atom is -0.493 e. The minimum atomic E-state index is -0.347. The van der Waals surface area contributed by atoms with E-state index in [2.05, 4.69) is 5.32 Å². The first-order valence-corrected chi connectivity index (χ1v) is 6.51. The van der Waals surface area contributed by atoms with E-state index < -0.39 is 0 Å². The maximum atomic E-state index is 12.9. The summed E-state index contributed by atoms with van der Waals surface area (Å²) in [5.74, 6) is 0.0131. The highest BCUT2D eigenvalue weighted by atomic mass is 19.1. The third-order valence-corrected chi connectivity index (χ3v) is 2.94. The van der Waals surface area contributed by atoms with Crippen molar-refractivity contribution >= 4 is 5.91 Å². The molecule has 5 heteroatoms. The lowest BCUT2D eigenvalue weighted by atomic mass is 10.2. The molecule has 1 aromatic carbocycles. The van der Waals surface area contributed by atoms with Crippen LogP contribution >= 0.6 is 0 Å². The molecule has 1 aliphatic heterocycles. The predicted molar refractivity (Wildman–Crippen MR) is 68.5 cm³/mol. The molecule has 104 valence electrons. The second-order valence-electron chi connectivity index (χ2n) is 4.49. The third kappa shape index (κ3) is 4.87. The molecular formula is C14H18FNO3. The van der Waals surface area contributed by atoms with Gasteiger partial charge in [0.05, 0.1) is 19.1 Å². The van der Waals surface area contributed by atoms with Crippen LogP contribution in [-0.2, 0) is 9.53 Å². The van der Waals surface area contributed by atoms with Gasteiger partial charge in [-0.2, -0.15) is 0 Å². The smallest absolute Gasteiger partial charge is 0.223 e. The van der Waals surface area contributed by atoms with Crippen LogP contribution < -0.4 is 10.1 Å². The molecule has 1 heterocycles. The zero-order valence-corrected chi connectivity index (χ0v) is 10.7. The van der Waals surface area contributed by atoms with Gasteiger partial charge in [0.15, 0.2) is 0 Å². The van der Waals surface area contributed by atoms with Crippen molar-refractivity contribution in [1.29, 1.82) is 0 Å². The molecule has 4 nitrogen and oxygen atoms in total. The van der Waals surface area contributed by atoms with E-state index in [9.17, 15) is 9.18 Å². The van der Waals surface area contributed by atoms with Crippen molar-refractivity contribution in [2.75, 3.05) is 19.8 Å². The van der Waals surface area contributed by atoms with Crippen LogP contribution in [0, 0.1) is 5.82 Å². The number of rotatable bonds is 6. The molecule has 0 aromatic heterocycles. The molecule has 19 heavy (non-hydrogen) atoms. The molecule has 1 aliphatic rings. The van der Waals surface area contributed by atoms with E-state index in [1.165, 1.54) is 12.1 Å². The fourth-order valence-corrected chi connectivity index (χ4v) is 1.94. The molecule has 0 unspecified atom stereocenters. The van der Waals surface area contributed by atoms with Gasteiger partial charge in [0.25, 0.3) is 0 Å². The molecule has 0 bridgehead atoms. The molecular weight excluding hydrogens is 249 g/mol. The highest BCUT2D eigenvalue weighted by Crippen LogP contribution is 2.12. The van der Waals surface area contributed by atoms with Crippen molar-refractivity contribution in [3.63, 3.8) is 0 Å². The topological polar surface area (TPSA) is 47.6 Å². The first-order valence-electron chi connectivity index (χ1n) is 6.51. The Morgan fingerprint density at radius 3 is 3.16 bits per heavy atom. The summed E-state index contributed by atoms with van der Waals surface area (Å²) in [6.45, 7) is 1.57. The van der Waals surface area contributed by atoms with E-state index in [-0.39, 0.29) is 30.9 Å². The predicted octanol–water partition coefficient (Wildman–Crippen LogP) is 1.89. The molecule has 2 rings (SSSR count). The number of carbonyl (C=O) groups is 1. The summed E-state index contributed by atoms with van der Waals surface area (Å²) in [7, 11) is 0. The maximum Gasteiger partial charge on any atom is 0.223 e. The average Bonchev–Trinajstić information content (AvgIpc) is 2.89. The monoisotopic (exact) mass is 267 g/mol. The fourth-order valence-electron chi connectivity index (χ4n) is 1.94. The number of halogens is 1. The van der Waals surface area contributed by atoms with Gasteiger partial charge in [-0.15, -0.1) is 0 Å². The van der Waals surface area contributed by atoms with Gasteiger partial charge < -0.3 is 14.8 Å². The minimum absolute atomic E-state index is 0.0769. The Morgan fingerprint density at radius 2 is 2.42 bits per heavy atom. The zero-order valence-electron chi connectivity index (χ0n) is 10.7. The first kappa shape index (κ1) is 13.8. The van der Waals surface area contributed by atoms with E-state index >= 15 is 0 Å². The first-order chi connectivity index (χ1) is 9.24. The van der Waals surface area contributed by atoms with Gasteiger partial charge in [0.2, 0.25) is 5.91 Å². The molecule has 0 saturated carbocycles. The van der Waals surface area contributed by atoms with Crippen molar-refractivity contribution in [1.82, 2.24) is 5.32 Å². The van der Waals surface area contributed by atoms with Gasteiger partial charge >= 0.3 is 0 Å². The number of amides is 1. The van der Waals surface area contributed by atoms with E-state index in [1.807, 2.05) is 0 Å². The van der Waals surface area contributed by atoms with Crippen LogP contribution in [0.1, 0.15) is 19.3 Å². The average molecular weight is 267 g/mol. The summed E-state index contributed by atoms with van der Waals surface area (Å²) in [5, 5.41) is 2.80. The number of carbonyl (C=O) groups excluding carboxylic acids is 1. The number of hydrogen-bond acceptors (Lipinski definition) is 3. The Hall–Kier alpha value is -1.62. The molecule has 1 atom stereocenters. The number of hydrogen-bond donors (Lipinski definition) is 1. The number of ether oxygens (including phenoxy) is 2. The SMILES string of the molecule is O=C(CCOc1cccc(F)c1)NC[C@@H]1CCCO1. The fraction of sp³-hybridized carbons (Fsp3) is 0.500. The lowest BCUT2D eigenvalue weighted by Crippen LogP contribution is -2.32. The van der Waals surface area contributed by atoms with Crippen molar-refractivity contribution in [3.8, 4) is 5.75 Å². The van der Waals surface area contributed by atoms with E-state index in [0.717, 1.165) is 19.4 Å². The zero-order chi connectivity index (χ0) is 13.5. The van der Waals surface area contributed by atoms with E-state index in [1.54, 1.807) is 12.1 Å². The Labute approximate surface area is 111 Å². The molecule has 0 spiro atoms. The summed E-state index contributed by atoms with van der Waals surface area (Å²) in [6, 6.07) is 5.88. The molecule has 1 saturated heterocycles. The second-order valence-corrected chi connectivity index (χ2v) is 4.49. The highest BCUT2D eigenvalue weighted by Gasteiger charge is 2.15. The van der Waals surface area contributed by atoms with E-state index in [4.69, 9.17) is 9.47 Å². The summed E-state index contributed by atoms with van der Waals surface area (Å²) in [5.41, 5.74) is 0. The van der Waals surface area contributed by atoms with Gasteiger partial charge in [-0.05, 0) is 25.0 Å². The summed E-state index contributed by atoms with van der Waals surface area (Å²) in [4.78, 5) is 11.5. The third-order valence-electron chi connectivity index (χ3n) is 2.94. The number of benzene rings is 1. The lowest BCUT2D eigenvalue weighted by Gasteiger charge is -2.11. The second kappa shape index (κ2) is 7.09.